The molecule has 1 heterocycles. The molecule has 2 rings (SSSR count). The van der Waals surface area contributed by atoms with Crippen molar-refractivity contribution in [3.8, 4) is 0 Å². The van der Waals surface area contributed by atoms with Crippen molar-refractivity contribution in [2.75, 3.05) is 18.1 Å². The summed E-state index contributed by atoms with van der Waals surface area (Å²) in [6.45, 7) is 4.60. The standard InChI is InChI=1S/C17H24N2O5S/c1-13(2)24-12-4-11-18-25(22,23)15-9-7-14(8-10-15)19-16(20)5-3-6-17(19)21/h7-10,13,18H,3-6,11-12H2,1-2H3. The van der Waals surface area contributed by atoms with Crippen LogP contribution in [0.25, 0.3) is 0 Å². The lowest BCUT2D eigenvalue weighted by Gasteiger charge is -2.24. The van der Waals surface area contributed by atoms with E-state index in [-0.39, 0.29) is 29.4 Å². The monoisotopic (exact) mass is 368 g/mol. The summed E-state index contributed by atoms with van der Waals surface area (Å²) in [5, 5.41) is 0. The van der Waals surface area contributed by atoms with Crippen molar-refractivity contribution in [1.29, 1.82) is 0 Å². The third kappa shape index (κ3) is 5.35. The van der Waals surface area contributed by atoms with Crippen LogP contribution in [0.1, 0.15) is 39.5 Å². The lowest BCUT2D eigenvalue weighted by Crippen LogP contribution is -2.40. The number of hydrogen-bond donors (Lipinski definition) is 1. The largest absolute Gasteiger partial charge is 0.379 e. The third-order valence-corrected chi connectivity index (χ3v) is 5.23. The van der Waals surface area contributed by atoms with Gasteiger partial charge in [-0.3, -0.25) is 14.5 Å². The smallest absolute Gasteiger partial charge is 0.240 e. The molecule has 1 aliphatic heterocycles. The zero-order valence-electron chi connectivity index (χ0n) is 14.5. The molecule has 0 atom stereocenters. The van der Waals surface area contributed by atoms with Crippen LogP contribution in [-0.2, 0) is 24.3 Å². The van der Waals surface area contributed by atoms with Gasteiger partial charge in [-0.25, -0.2) is 13.1 Å². The fourth-order valence-corrected chi connectivity index (χ4v) is 3.57. The predicted molar refractivity (Wildman–Crippen MR) is 93.7 cm³/mol. The number of imide groups is 1. The van der Waals surface area contributed by atoms with E-state index < -0.39 is 10.0 Å². The fourth-order valence-electron chi connectivity index (χ4n) is 2.50. The highest BCUT2D eigenvalue weighted by atomic mass is 32.2. The minimum atomic E-state index is -3.63. The molecule has 25 heavy (non-hydrogen) atoms. The van der Waals surface area contributed by atoms with Crippen molar-refractivity contribution in [3.05, 3.63) is 24.3 Å². The Morgan fingerprint density at radius 1 is 1.12 bits per heavy atom. The van der Waals surface area contributed by atoms with Crippen LogP contribution in [0.15, 0.2) is 29.2 Å². The number of anilines is 1. The van der Waals surface area contributed by atoms with E-state index in [0.29, 0.717) is 38.0 Å². The van der Waals surface area contributed by atoms with Crippen LogP contribution in [0.4, 0.5) is 5.69 Å². The normalized spacial score (nSPS) is 15.9. The Morgan fingerprint density at radius 2 is 1.72 bits per heavy atom. The van der Waals surface area contributed by atoms with Crippen molar-refractivity contribution in [2.45, 2.75) is 50.5 Å². The van der Waals surface area contributed by atoms with Crippen molar-refractivity contribution in [1.82, 2.24) is 4.72 Å². The zero-order valence-corrected chi connectivity index (χ0v) is 15.3. The van der Waals surface area contributed by atoms with Crippen LogP contribution >= 0.6 is 0 Å². The average Bonchev–Trinajstić information content (AvgIpc) is 2.54. The maximum atomic E-state index is 12.2. The first-order valence-electron chi connectivity index (χ1n) is 8.38. The Morgan fingerprint density at radius 3 is 2.28 bits per heavy atom. The number of hydrogen-bond acceptors (Lipinski definition) is 5. The minimum Gasteiger partial charge on any atom is -0.379 e. The second-order valence-electron chi connectivity index (χ2n) is 6.14. The summed E-state index contributed by atoms with van der Waals surface area (Å²) in [5.74, 6) is -0.509. The molecule has 1 aliphatic rings. The van der Waals surface area contributed by atoms with E-state index in [0.717, 1.165) is 4.90 Å². The van der Waals surface area contributed by atoms with Crippen molar-refractivity contribution < 1.29 is 22.7 Å². The SMILES string of the molecule is CC(C)OCCCNS(=O)(=O)c1ccc(N2C(=O)CCCC2=O)cc1. The summed E-state index contributed by atoms with van der Waals surface area (Å²) >= 11 is 0. The van der Waals surface area contributed by atoms with Crippen molar-refractivity contribution in [3.63, 3.8) is 0 Å². The highest BCUT2D eigenvalue weighted by Gasteiger charge is 2.27. The van der Waals surface area contributed by atoms with E-state index in [2.05, 4.69) is 4.72 Å². The van der Waals surface area contributed by atoms with E-state index >= 15 is 0 Å². The molecule has 0 saturated carbocycles. The number of nitrogens with one attached hydrogen (secondary N) is 1. The van der Waals surface area contributed by atoms with Gasteiger partial charge in [0.1, 0.15) is 0 Å². The number of nitrogens with zero attached hydrogens (tertiary/aromatic N) is 1. The van der Waals surface area contributed by atoms with Crippen LogP contribution in [0.3, 0.4) is 0 Å². The Bertz CT molecular complexity index is 697. The van der Waals surface area contributed by atoms with E-state index in [4.69, 9.17) is 4.74 Å². The van der Waals surface area contributed by atoms with E-state index in [1.54, 1.807) is 0 Å². The molecule has 8 heteroatoms. The number of sulfonamides is 1. The topological polar surface area (TPSA) is 92.8 Å². The van der Waals surface area contributed by atoms with E-state index in [1.165, 1.54) is 24.3 Å². The first-order chi connectivity index (χ1) is 11.8. The summed E-state index contributed by atoms with van der Waals surface area (Å²) in [6, 6.07) is 5.77. The lowest BCUT2D eigenvalue weighted by atomic mass is 10.1. The van der Waals surface area contributed by atoms with Gasteiger partial charge in [0.25, 0.3) is 0 Å². The second kappa shape index (κ2) is 8.55. The molecular weight excluding hydrogens is 344 g/mol. The average molecular weight is 368 g/mol. The highest BCUT2D eigenvalue weighted by molar-refractivity contribution is 7.89. The number of piperidine rings is 1. The Hall–Kier alpha value is -1.77. The molecule has 0 unspecified atom stereocenters. The Kier molecular flexibility index (Phi) is 6.69. The number of ether oxygens (including phenoxy) is 1. The van der Waals surface area contributed by atoms with E-state index in [9.17, 15) is 18.0 Å². The molecule has 0 bridgehead atoms. The molecule has 138 valence electrons. The molecule has 1 fully saturated rings. The molecule has 0 aliphatic carbocycles. The summed E-state index contributed by atoms with van der Waals surface area (Å²) in [7, 11) is -3.63. The number of carbonyl (C=O) groups excluding carboxylic acids is 2. The lowest BCUT2D eigenvalue weighted by molar-refractivity contribution is -0.129. The van der Waals surface area contributed by atoms with Crippen molar-refractivity contribution in [2.24, 2.45) is 0 Å². The van der Waals surface area contributed by atoms with Gasteiger partial charge in [-0.15, -0.1) is 0 Å². The van der Waals surface area contributed by atoms with Gasteiger partial charge in [-0.1, -0.05) is 0 Å². The van der Waals surface area contributed by atoms with Gasteiger partial charge < -0.3 is 4.74 Å². The van der Waals surface area contributed by atoms with Gasteiger partial charge in [-0.2, -0.15) is 0 Å². The van der Waals surface area contributed by atoms with Crippen LogP contribution in [0.2, 0.25) is 0 Å². The van der Waals surface area contributed by atoms with Gasteiger partial charge in [0, 0.05) is 26.0 Å². The summed E-state index contributed by atoms with van der Waals surface area (Å²) in [5.41, 5.74) is 0.402. The van der Waals surface area contributed by atoms with Crippen LogP contribution in [0, 0.1) is 0 Å². The van der Waals surface area contributed by atoms with Crippen LogP contribution in [-0.4, -0.2) is 39.5 Å². The summed E-state index contributed by atoms with van der Waals surface area (Å²) in [4.78, 5) is 25.0. The van der Waals surface area contributed by atoms with Gasteiger partial charge in [0.05, 0.1) is 16.7 Å². The molecule has 0 aromatic heterocycles. The first-order valence-corrected chi connectivity index (χ1v) is 9.86. The predicted octanol–water partition coefficient (Wildman–Crippen LogP) is 1.82. The summed E-state index contributed by atoms with van der Waals surface area (Å²) < 4.78 is 32.4. The maximum Gasteiger partial charge on any atom is 0.240 e. The zero-order chi connectivity index (χ0) is 18.4. The van der Waals surface area contributed by atoms with Gasteiger partial charge in [-0.05, 0) is 51.0 Å². The third-order valence-electron chi connectivity index (χ3n) is 3.75. The molecule has 7 nitrogen and oxygen atoms in total. The Labute approximate surface area is 148 Å². The number of benzene rings is 1. The fraction of sp³-hybridized carbons (Fsp3) is 0.529. The number of carbonyl (C=O) groups is 2. The Balaban J connectivity index is 1.98. The van der Waals surface area contributed by atoms with Crippen LogP contribution in [0.5, 0.6) is 0 Å². The molecule has 0 spiro atoms. The highest BCUT2D eigenvalue weighted by Crippen LogP contribution is 2.23. The van der Waals surface area contributed by atoms with Crippen LogP contribution < -0.4 is 9.62 Å². The summed E-state index contributed by atoms with van der Waals surface area (Å²) in [6.07, 6.45) is 1.90. The van der Waals surface area contributed by atoms with E-state index in [1.807, 2.05) is 13.8 Å². The first kappa shape index (κ1) is 19.6. The minimum absolute atomic E-state index is 0.0953. The molecule has 2 amide bonds. The van der Waals surface area contributed by atoms with Gasteiger partial charge in [0.2, 0.25) is 21.8 Å². The molecule has 1 aromatic rings. The van der Waals surface area contributed by atoms with Gasteiger partial charge >= 0.3 is 0 Å². The molecular formula is C17H24N2O5S. The van der Waals surface area contributed by atoms with Gasteiger partial charge in [0.15, 0.2) is 0 Å². The molecule has 0 radical (unpaired) electrons. The molecule has 1 N–H and O–H groups in total. The second-order valence-corrected chi connectivity index (χ2v) is 7.91. The van der Waals surface area contributed by atoms with Crippen molar-refractivity contribution >= 4 is 27.5 Å². The quantitative estimate of drug-likeness (QED) is 0.558. The number of amides is 2. The molecule has 1 aromatic carbocycles. The number of rotatable bonds is 8. The maximum absolute atomic E-state index is 12.2. The molecule has 1 saturated heterocycles.